The number of nitrogens with zero attached hydrogens (tertiary/aromatic N) is 1. The second-order valence-corrected chi connectivity index (χ2v) is 4.64. The zero-order chi connectivity index (χ0) is 13.8. The number of carbonyl (C=O) groups excluding carboxylic acids is 2. The van der Waals surface area contributed by atoms with E-state index in [1.807, 2.05) is 42.5 Å². The lowest BCUT2D eigenvalue weighted by atomic mass is 10.00. The molecule has 0 bridgehead atoms. The highest BCUT2D eigenvalue weighted by atomic mass is 16.2. The summed E-state index contributed by atoms with van der Waals surface area (Å²) in [5.41, 5.74) is 0.732. The third-order valence-electron chi connectivity index (χ3n) is 3.30. The molecule has 0 unspecified atom stereocenters. The molecule has 3 heteroatoms. The minimum atomic E-state index is -0.0225. The van der Waals surface area contributed by atoms with Crippen LogP contribution < -0.4 is 0 Å². The minimum Gasteiger partial charge on any atom is -0.346 e. The van der Waals surface area contributed by atoms with E-state index in [1.54, 1.807) is 11.9 Å². The summed E-state index contributed by atoms with van der Waals surface area (Å²) in [7, 11) is 1.71. The SMILES string of the molecule is CC(=O)N(C)CCC(=O)c1cccc2ccccc12. The van der Waals surface area contributed by atoms with E-state index in [9.17, 15) is 9.59 Å². The summed E-state index contributed by atoms with van der Waals surface area (Å²) in [5, 5.41) is 2.04. The number of hydrogen-bond donors (Lipinski definition) is 0. The standard InChI is InChI=1S/C16H17NO2/c1-12(18)17(2)11-10-16(19)15-9-5-7-13-6-3-4-8-14(13)15/h3-9H,10-11H2,1-2H3. The molecule has 1 amide bonds. The number of carbonyl (C=O) groups is 2. The van der Waals surface area contributed by atoms with Crippen LogP contribution >= 0.6 is 0 Å². The molecule has 0 atom stereocenters. The molecule has 3 nitrogen and oxygen atoms in total. The van der Waals surface area contributed by atoms with E-state index in [2.05, 4.69) is 0 Å². The smallest absolute Gasteiger partial charge is 0.219 e. The van der Waals surface area contributed by atoms with Crippen LogP contribution in [-0.4, -0.2) is 30.2 Å². The number of hydrogen-bond acceptors (Lipinski definition) is 2. The van der Waals surface area contributed by atoms with E-state index < -0.39 is 0 Å². The summed E-state index contributed by atoms with van der Waals surface area (Å²) in [6.45, 7) is 1.96. The van der Waals surface area contributed by atoms with Gasteiger partial charge in [0.1, 0.15) is 0 Å². The van der Waals surface area contributed by atoms with Gasteiger partial charge in [0.05, 0.1) is 0 Å². The minimum absolute atomic E-state index is 0.0225. The molecule has 0 fully saturated rings. The molecule has 0 spiro atoms. The fourth-order valence-electron chi connectivity index (χ4n) is 2.03. The van der Waals surface area contributed by atoms with Crippen molar-refractivity contribution in [2.45, 2.75) is 13.3 Å². The van der Waals surface area contributed by atoms with Crippen LogP contribution in [0.25, 0.3) is 10.8 Å². The number of amides is 1. The van der Waals surface area contributed by atoms with Gasteiger partial charge in [0, 0.05) is 32.5 Å². The van der Waals surface area contributed by atoms with Gasteiger partial charge in [-0.05, 0) is 10.8 Å². The van der Waals surface area contributed by atoms with Gasteiger partial charge in [-0.2, -0.15) is 0 Å². The van der Waals surface area contributed by atoms with Crippen molar-refractivity contribution < 1.29 is 9.59 Å². The Labute approximate surface area is 112 Å². The Balaban J connectivity index is 2.20. The fraction of sp³-hybridized carbons (Fsp3) is 0.250. The summed E-state index contributed by atoms with van der Waals surface area (Å²) in [6.07, 6.45) is 0.351. The highest BCUT2D eigenvalue weighted by Crippen LogP contribution is 2.19. The van der Waals surface area contributed by atoms with Crippen molar-refractivity contribution >= 4 is 22.5 Å². The number of benzene rings is 2. The third-order valence-corrected chi connectivity index (χ3v) is 3.30. The van der Waals surface area contributed by atoms with Crippen LogP contribution in [0.5, 0.6) is 0 Å². The predicted octanol–water partition coefficient (Wildman–Crippen LogP) is 2.89. The molecule has 0 radical (unpaired) electrons. The lowest BCUT2D eigenvalue weighted by Crippen LogP contribution is -2.26. The van der Waals surface area contributed by atoms with Crippen LogP contribution in [0.15, 0.2) is 42.5 Å². The molecule has 19 heavy (non-hydrogen) atoms. The second-order valence-electron chi connectivity index (χ2n) is 4.64. The first kappa shape index (κ1) is 13.3. The largest absolute Gasteiger partial charge is 0.346 e. The zero-order valence-corrected chi connectivity index (χ0v) is 11.2. The summed E-state index contributed by atoms with van der Waals surface area (Å²) in [5.74, 6) is 0.0515. The molecular weight excluding hydrogens is 238 g/mol. The van der Waals surface area contributed by atoms with Crippen LogP contribution in [0.4, 0.5) is 0 Å². The monoisotopic (exact) mass is 255 g/mol. The summed E-state index contributed by atoms with van der Waals surface area (Å²) < 4.78 is 0. The molecule has 0 aliphatic rings. The van der Waals surface area contributed by atoms with Crippen LogP contribution in [0.1, 0.15) is 23.7 Å². The van der Waals surface area contributed by atoms with Crippen LogP contribution in [0, 0.1) is 0 Å². The Morgan fingerprint density at radius 1 is 1.05 bits per heavy atom. The van der Waals surface area contributed by atoms with E-state index >= 15 is 0 Å². The van der Waals surface area contributed by atoms with Crippen molar-refractivity contribution in [3.05, 3.63) is 48.0 Å². The van der Waals surface area contributed by atoms with Crippen LogP contribution in [-0.2, 0) is 4.79 Å². The van der Waals surface area contributed by atoms with Gasteiger partial charge in [0.25, 0.3) is 0 Å². The maximum Gasteiger partial charge on any atom is 0.219 e. The lowest BCUT2D eigenvalue weighted by Gasteiger charge is -2.14. The molecular formula is C16H17NO2. The summed E-state index contributed by atoms with van der Waals surface area (Å²) >= 11 is 0. The maximum absolute atomic E-state index is 12.2. The molecule has 2 aromatic rings. The van der Waals surface area contributed by atoms with Gasteiger partial charge >= 0.3 is 0 Å². The molecule has 0 aliphatic carbocycles. The van der Waals surface area contributed by atoms with E-state index in [4.69, 9.17) is 0 Å². The molecule has 0 aromatic heterocycles. The van der Waals surface area contributed by atoms with E-state index in [-0.39, 0.29) is 11.7 Å². The van der Waals surface area contributed by atoms with Gasteiger partial charge in [0.2, 0.25) is 5.91 Å². The Hall–Kier alpha value is -2.16. The van der Waals surface area contributed by atoms with Gasteiger partial charge in [-0.3, -0.25) is 9.59 Å². The quantitative estimate of drug-likeness (QED) is 0.788. The topological polar surface area (TPSA) is 37.4 Å². The molecule has 0 heterocycles. The van der Waals surface area contributed by atoms with Crippen molar-refractivity contribution in [1.29, 1.82) is 0 Å². The van der Waals surface area contributed by atoms with Crippen molar-refractivity contribution in [3.63, 3.8) is 0 Å². The zero-order valence-electron chi connectivity index (χ0n) is 11.2. The Morgan fingerprint density at radius 2 is 1.74 bits per heavy atom. The van der Waals surface area contributed by atoms with Gasteiger partial charge < -0.3 is 4.90 Å². The van der Waals surface area contributed by atoms with E-state index in [1.165, 1.54) is 6.92 Å². The highest BCUT2D eigenvalue weighted by Gasteiger charge is 2.11. The molecule has 2 rings (SSSR count). The average Bonchev–Trinajstić information content (AvgIpc) is 2.43. The summed E-state index contributed by atoms with van der Waals surface area (Å²) in [6, 6.07) is 13.6. The molecule has 98 valence electrons. The van der Waals surface area contributed by atoms with Crippen molar-refractivity contribution in [2.24, 2.45) is 0 Å². The van der Waals surface area contributed by atoms with Crippen molar-refractivity contribution in [1.82, 2.24) is 4.90 Å². The Morgan fingerprint density at radius 3 is 2.47 bits per heavy atom. The van der Waals surface area contributed by atoms with E-state index in [0.717, 1.165) is 16.3 Å². The van der Waals surface area contributed by atoms with Gasteiger partial charge in [-0.25, -0.2) is 0 Å². The molecule has 0 aliphatic heterocycles. The number of ketones is 1. The normalized spacial score (nSPS) is 10.4. The maximum atomic E-state index is 12.2. The molecule has 0 N–H and O–H groups in total. The molecule has 0 saturated carbocycles. The third kappa shape index (κ3) is 2.99. The van der Waals surface area contributed by atoms with Crippen molar-refractivity contribution in [2.75, 3.05) is 13.6 Å². The first-order valence-corrected chi connectivity index (χ1v) is 6.32. The van der Waals surface area contributed by atoms with Crippen LogP contribution in [0.3, 0.4) is 0 Å². The number of fused-ring (bicyclic) bond motifs is 1. The Bertz CT molecular complexity index is 614. The highest BCUT2D eigenvalue weighted by molar-refractivity contribution is 6.08. The van der Waals surface area contributed by atoms with Gasteiger partial charge in [-0.1, -0.05) is 42.5 Å². The van der Waals surface area contributed by atoms with Crippen LogP contribution in [0.2, 0.25) is 0 Å². The first-order valence-electron chi connectivity index (χ1n) is 6.32. The number of rotatable bonds is 4. The average molecular weight is 255 g/mol. The summed E-state index contributed by atoms with van der Waals surface area (Å²) in [4.78, 5) is 24.9. The molecule has 0 saturated heterocycles. The predicted molar refractivity (Wildman–Crippen MR) is 76.2 cm³/mol. The second kappa shape index (κ2) is 5.65. The van der Waals surface area contributed by atoms with Gasteiger partial charge in [-0.15, -0.1) is 0 Å². The Kier molecular flexibility index (Phi) is 3.95. The number of Topliss-reactive ketones (excluding diaryl/α,β-unsaturated/α-hetero) is 1. The van der Waals surface area contributed by atoms with Crippen molar-refractivity contribution in [3.8, 4) is 0 Å². The molecule has 2 aromatic carbocycles. The fourth-order valence-corrected chi connectivity index (χ4v) is 2.03. The first-order chi connectivity index (χ1) is 9.09. The lowest BCUT2D eigenvalue weighted by molar-refractivity contribution is -0.127. The van der Waals surface area contributed by atoms with E-state index in [0.29, 0.717) is 13.0 Å². The van der Waals surface area contributed by atoms with Gasteiger partial charge in [0.15, 0.2) is 5.78 Å².